The van der Waals surface area contributed by atoms with E-state index in [2.05, 4.69) is 34.9 Å². The number of piperidine rings is 1. The molecule has 6 nitrogen and oxygen atoms in total. The minimum absolute atomic E-state index is 0.230. The van der Waals surface area contributed by atoms with Crippen molar-refractivity contribution in [3.8, 4) is 5.75 Å². The van der Waals surface area contributed by atoms with Crippen molar-refractivity contribution in [1.82, 2.24) is 10.6 Å². The fourth-order valence-corrected chi connectivity index (χ4v) is 5.65. The Hall–Kier alpha value is -2.87. The number of anilines is 1. The van der Waals surface area contributed by atoms with Gasteiger partial charge in [0.15, 0.2) is 0 Å². The van der Waals surface area contributed by atoms with Crippen LogP contribution in [-0.2, 0) is 16.6 Å². The molecular formula is C27H33N3O3S. The monoisotopic (exact) mass is 479 g/mol. The molecule has 0 spiro atoms. The van der Waals surface area contributed by atoms with Crippen LogP contribution in [-0.4, -0.2) is 35.2 Å². The van der Waals surface area contributed by atoms with Gasteiger partial charge in [0.2, 0.25) is 0 Å². The third-order valence-corrected chi connectivity index (χ3v) is 8.28. The molecule has 0 radical (unpaired) electrons. The first-order valence-corrected chi connectivity index (χ1v) is 13.1. The summed E-state index contributed by atoms with van der Waals surface area (Å²) in [7, 11) is -0.436. The first-order chi connectivity index (χ1) is 16.4. The van der Waals surface area contributed by atoms with Crippen LogP contribution in [0, 0.1) is 6.92 Å². The SMILES string of the molecule is COc1ccc(N(C)S(=O)(=O)c2ccc(C)cc2)cc1CN[C@H]1CCCN[C@H]1c1ccccc1. The Labute approximate surface area is 203 Å². The molecule has 0 aromatic heterocycles. The summed E-state index contributed by atoms with van der Waals surface area (Å²) in [5.41, 5.74) is 3.80. The van der Waals surface area contributed by atoms with Crippen molar-refractivity contribution in [3.05, 3.63) is 89.5 Å². The number of sulfonamides is 1. The Balaban J connectivity index is 1.55. The summed E-state index contributed by atoms with van der Waals surface area (Å²) in [5, 5.41) is 7.33. The zero-order valence-electron chi connectivity index (χ0n) is 20.0. The molecular weight excluding hydrogens is 446 g/mol. The maximum absolute atomic E-state index is 13.2. The quantitative estimate of drug-likeness (QED) is 0.501. The van der Waals surface area contributed by atoms with Crippen molar-refractivity contribution in [1.29, 1.82) is 0 Å². The third kappa shape index (κ3) is 5.27. The number of aryl methyl sites for hydroxylation is 1. The molecule has 3 aromatic carbocycles. The maximum Gasteiger partial charge on any atom is 0.264 e. The van der Waals surface area contributed by atoms with E-state index in [-0.39, 0.29) is 17.0 Å². The Bertz CT molecular complexity index is 1200. The van der Waals surface area contributed by atoms with Gasteiger partial charge in [0.1, 0.15) is 5.75 Å². The first-order valence-electron chi connectivity index (χ1n) is 11.6. The van der Waals surface area contributed by atoms with E-state index >= 15 is 0 Å². The lowest BCUT2D eigenvalue weighted by atomic mass is 9.92. The largest absolute Gasteiger partial charge is 0.496 e. The van der Waals surface area contributed by atoms with Gasteiger partial charge in [0.25, 0.3) is 10.0 Å². The highest BCUT2D eigenvalue weighted by Gasteiger charge is 2.26. The second-order valence-corrected chi connectivity index (χ2v) is 10.7. The Morgan fingerprint density at radius 3 is 2.50 bits per heavy atom. The third-order valence-electron chi connectivity index (χ3n) is 6.48. The topological polar surface area (TPSA) is 70.7 Å². The van der Waals surface area contributed by atoms with Crippen molar-refractivity contribution in [3.63, 3.8) is 0 Å². The molecule has 0 bridgehead atoms. The summed E-state index contributed by atoms with van der Waals surface area (Å²) in [5.74, 6) is 0.734. The van der Waals surface area contributed by atoms with Crippen LogP contribution in [0.15, 0.2) is 77.7 Å². The van der Waals surface area contributed by atoms with Gasteiger partial charge in [-0.15, -0.1) is 0 Å². The molecule has 1 aliphatic heterocycles. The van der Waals surface area contributed by atoms with Crippen LogP contribution in [0.2, 0.25) is 0 Å². The molecule has 1 fully saturated rings. The number of hydrogen-bond acceptors (Lipinski definition) is 5. The van der Waals surface area contributed by atoms with Gasteiger partial charge in [-0.2, -0.15) is 0 Å². The molecule has 2 N–H and O–H groups in total. The Morgan fingerprint density at radius 1 is 1.06 bits per heavy atom. The normalized spacial score (nSPS) is 18.4. The van der Waals surface area contributed by atoms with Crippen LogP contribution in [0.25, 0.3) is 0 Å². The van der Waals surface area contributed by atoms with Gasteiger partial charge in [-0.25, -0.2) is 8.42 Å². The summed E-state index contributed by atoms with van der Waals surface area (Å²) in [6.07, 6.45) is 2.17. The highest BCUT2D eigenvalue weighted by Crippen LogP contribution is 2.29. The van der Waals surface area contributed by atoms with Gasteiger partial charge in [0.05, 0.1) is 17.7 Å². The number of methoxy groups -OCH3 is 1. The molecule has 180 valence electrons. The van der Waals surface area contributed by atoms with E-state index in [0.717, 1.165) is 36.3 Å². The number of hydrogen-bond donors (Lipinski definition) is 2. The minimum atomic E-state index is -3.66. The molecule has 4 rings (SSSR count). The van der Waals surface area contributed by atoms with Crippen LogP contribution in [0.3, 0.4) is 0 Å². The highest BCUT2D eigenvalue weighted by molar-refractivity contribution is 7.92. The van der Waals surface area contributed by atoms with Crippen molar-refractivity contribution >= 4 is 15.7 Å². The smallest absolute Gasteiger partial charge is 0.264 e. The van der Waals surface area contributed by atoms with E-state index in [4.69, 9.17) is 4.74 Å². The van der Waals surface area contributed by atoms with Crippen LogP contribution < -0.4 is 19.7 Å². The highest BCUT2D eigenvalue weighted by atomic mass is 32.2. The lowest BCUT2D eigenvalue weighted by molar-refractivity contribution is 0.303. The zero-order valence-corrected chi connectivity index (χ0v) is 20.8. The van der Waals surface area contributed by atoms with E-state index in [1.165, 1.54) is 9.87 Å². The molecule has 1 aliphatic rings. The van der Waals surface area contributed by atoms with Crippen LogP contribution in [0.4, 0.5) is 5.69 Å². The Kier molecular flexibility index (Phi) is 7.56. The summed E-state index contributed by atoms with van der Waals surface area (Å²) < 4.78 is 33.3. The molecule has 2 atom stereocenters. The van der Waals surface area contributed by atoms with Crippen molar-refractivity contribution in [2.45, 2.75) is 43.3 Å². The van der Waals surface area contributed by atoms with E-state index in [1.807, 2.05) is 37.3 Å². The van der Waals surface area contributed by atoms with Crippen molar-refractivity contribution in [2.24, 2.45) is 0 Å². The zero-order chi connectivity index (χ0) is 24.1. The van der Waals surface area contributed by atoms with E-state index in [0.29, 0.717) is 12.2 Å². The number of rotatable bonds is 8. The van der Waals surface area contributed by atoms with Gasteiger partial charge < -0.3 is 15.4 Å². The number of nitrogens with zero attached hydrogens (tertiary/aromatic N) is 1. The summed E-state index contributed by atoms with van der Waals surface area (Å²) in [6, 6.07) is 23.4. The lowest BCUT2D eigenvalue weighted by Crippen LogP contribution is -2.45. The van der Waals surface area contributed by atoms with E-state index in [1.54, 1.807) is 32.4 Å². The summed E-state index contributed by atoms with van der Waals surface area (Å²) in [4.78, 5) is 0.273. The molecule has 34 heavy (non-hydrogen) atoms. The predicted octanol–water partition coefficient (Wildman–Crippen LogP) is 4.41. The molecule has 0 unspecified atom stereocenters. The van der Waals surface area contributed by atoms with Crippen molar-refractivity contribution < 1.29 is 13.2 Å². The first kappa shape index (κ1) is 24.3. The predicted molar refractivity (Wildman–Crippen MR) is 137 cm³/mol. The van der Waals surface area contributed by atoms with E-state index in [9.17, 15) is 8.42 Å². The fourth-order valence-electron chi connectivity index (χ4n) is 4.47. The average molecular weight is 480 g/mol. The Morgan fingerprint density at radius 2 is 1.79 bits per heavy atom. The fraction of sp³-hybridized carbons (Fsp3) is 0.333. The summed E-state index contributed by atoms with van der Waals surface area (Å²) >= 11 is 0. The van der Waals surface area contributed by atoms with Gasteiger partial charge in [-0.3, -0.25) is 4.31 Å². The maximum atomic E-state index is 13.2. The number of nitrogens with one attached hydrogen (secondary N) is 2. The van der Waals surface area contributed by atoms with Crippen molar-refractivity contribution in [2.75, 3.05) is 25.0 Å². The van der Waals surface area contributed by atoms with Gasteiger partial charge in [0, 0.05) is 31.2 Å². The van der Waals surface area contributed by atoms with Crippen LogP contribution in [0.5, 0.6) is 5.75 Å². The molecule has 0 aliphatic carbocycles. The summed E-state index contributed by atoms with van der Waals surface area (Å²) in [6.45, 7) is 3.51. The minimum Gasteiger partial charge on any atom is -0.496 e. The molecule has 1 saturated heterocycles. The van der Waals surface area contributed by atoms with Gasteiger partial charge >= 0.3 is 0 Å². The van der Waals surface area contributed by atoms with Crippen LogP contribution in [0.1, 0.15) is 35.6 Å². The number of ether oxygens (including phenoxy) is 1. The average Bonchev–Trinajstić information content (AvgIpc) is 2.87. The molecule has 1 heterocycles. The lowest BCUT2D eigenvalue weighted by Gasteiger charge is -2.34. The second-order valence-electron chi connectivity index (χ2n) is 8.75. The molecule has 0 saturated carbocycles. The molecule has 3 aromatic rings. The molecule has 7 heteroatoms. The number of benzene rings is 3. The standard InChI is InChI=1S/C27H33N3O3S/c1-20-11-14-24(15-12-20)34(31,32)30(2)23-13-16-26(33-3)22(18-23)19-29-25-10-7-17-28-27(25)21-8-5-4-6-9-21/h4-6,8-9,11-16,18,25,27-29H,7,10,17,19H2,1-3H3/t25-,27-/m0/s1. The molecule has 0 amide bonds. The van der Waals surface area contributed by atoms with Gasteiger partial charge in [-0.05, 0) is 62.2 Å². The second kappa shape index (κ2) is 10.6. The van der Waals surface area contributed by atoms with Crippen LogP contribution >= 0.6 is 0 Å². The van der Waals surface area contributed by atoms with E-state index < -0.39 is 10.0 Å². The van der Waals surface area contributed by atoms with Gasteiger partial charge in [-0.1, -0.05) is 48.0 Å².